The van der Waals surface area contributed by atoms with Crippen molar-refractivity contribution in [3.05, 3.63) is 9.50 Å². The van der Waals surface area contributed by atoms with E-state index in [1.807, 2.05) is 0 Å². The summed E-state index contributed by atoms with van der Waals surface area (Å²) in [6, 6.07) is 0. The maximum Gasteiger partial charge on any atom is 0.263 e. The molecule has 1 aliphatic rings. The molecule has 1 aromatic heterocycles. The van der Waals surface area contributed by atoms with Crippen LogP contribution in [-0.2, 0) is 0 Å². The van der Waals surface area contributed by atoms with Crippen LogP contribution in [0.3, 0.4) is 0 Å². The summed E-state index contributed by atoms with van der Waals surface area (Å²) in [7, 11) is 0. The van der Waals surface area contributed by atoms with E-state index in [0.717, 1.165) is 0 Å². The lowest BCUT2D eigenvalue weighted by Crippen LogP contribution is -1.94. The van der Waals surface area contributed by atoms with Crippen LogP contribution in [0.4, 0.5) is 5.82 Å². The fraction of sp³-hybridized carbons (Fsp3) is 0.167. The lowest BCUT2D eigenvalue weighted by Gasteiger charge is -2.02. The molecule has 4 nitrogen and oxygen atoms in total. The third-order valence-electron chi connectivity index (χ3n) is 1.43. The summed E-state index contributed by atoms with van der Waals surface area (Å²) >= 11 is 9.02. The van der Waals surface area contributed by atoms with Crippen LogP contribution in [0.5, 0.6) is 11.6 Å². The number of nitrogens with zero attached hydrogens (tertiary/aromatic N) is 1. The van der Waals surface area contributed by atoms with Crippen LogP contribution in [0.2, 0.25) is 5.02 Å². The molecule has 0 saturated carbocycles. The minimum absolute atomic E-state index is 0.153. The second kappa shape index (κ2) is 2.67. The standard InChI is InChI=1S/C6H4BrClN2O2/c7-2-3(8)5(9)10-6-4(2)11-1-12-6/h1H2,(H2,9,10). The molecular weight excluding hydrogens is 247 g/mol. The summed E-state index contributed by atoms with van der Waals surface area (Å²) in [4.78, 5) is 3.88. The van der Waals surface area contributed by atoms with Crippen molar-refractivity contribution in [1.29, 1.82) is 0 Å². The fourth-order valence-electron chi connectivity index (χ4n) is 0.882. The number of hydrogen-bond donors (Lipinski definition) is 1. The summed E-state index contributed by atoms with van der Waals surface area (Å²) in [5.74, 6) is 1.12. The number of ether oxygens (including phenoxy) is 2. The van der Waals surface area contributed by atoms with Crippen LogP contribution in [-0.4, -0.2) is 11.8 Å². The van der Waals surface area contributed by atoms with E-state index in [9.17, 15) is 0 Å². The molecule has 0 aromatic carbocycles. The second-order valence-electron chi connectivity index (χ2n) is 2.17. The van der Waals surface area contributed by atoms with E-state index in [2.05, 4.69) is 20.9 Å². The predicted molar refractivity (Wildman–Crippen MR) is 47.5 cm³/mol. The highest BCUT2D eigenvalue weighted by Crippen LogP contribution is 2.43. The molecule has 2 heterocycles. The van der Waals surface area contributed by atoms with Crippen molar-refractivity contribution in [2.75, 3.05) is 12.5 Å². The van der Waals surface area contributed by atoms with Gasteiger partial charge in [-0.2, -0.15) is 4.98 Å². The van der Waals surface area contributed by atoms with Gasteiger partial charge >= 0.3 is 0 Å². The molecule has 1 aromatic rings. The van der Waals surface area contributed by atoms with Crippen LogP contribution in [0.1, 0.15) is 0 Å². The molecule has 0 unspecified atom stereocenters. The predicted octanol–water partition coefficient (Wildman–Crippen LogP) is 1.81. The zero-order valence-electron chi connectivity index (χ0n) is 5.80. The van der Waals surface area contributed by atoms with Crippen molar-refractivity contribution in [2.24, 2.45) is 0 Å². The zero-order chi connectivity index (χ0) is 8.72. The summed E-state index contributed by atoms with van der Waals surface area (Å²) in [6.07, 6.45) is 0. The molecule has 2 N–H and O–H groups in total. The Hall–Kier alpha value is -0.680. The van der Waals surface area contributed by atoms with E-state index in [1.54, 1.807) is 0 Å². The van der Waals surface area contributed by atoms with Gasteiger partial charge in [0.2, 0.25) is 12.5 Å². The first-order chi connectivity index (χ1) is 5.70. The van der Waals surface area contributed by atoms with Crippen LogP contribution >= 0.6 is 27.5 Å². The molecule has 0 amide bonds. The van der Waals surface area contributed by atoms with E-state index < -0.39 is 0 Å². The zero-order valence-corrected chi connectivity index (χ0v) is 8.15. The van der Waals surface area contributed by atoms with Gasteiger partial charge in [-0.3, -0.25) is 0 Å². The number of anilines is 1. The first-order valence-corrected chi connectivity index (χ1v) is 4.27. The number of nitrogens with two attached hydrogens (primary N) is 1. The Bertz CT molecular complexity index is 345. The topological polar surface area (TPSA) is 57.4 Å². The largest absolute Gasteiger partial charge is 0.450 e. The van der Waals surface area contributed by atoms with Crippen molar-refractivity contribution in [3.8, 4) is 11.6 Å². The third kappa shape index (κ3) is 1.01. The van der Waals surface area contributed by atoms with Gasteiger partial charge in [-0.1, -0.05) is 11.6 Å². The van der Waals surface area contributed by atoms with E-state index in [1.165, 1.54) is 0 Å². The Kier molecular flexibility index (Phi) is 1.77. The minimum atomic E-state index is 0.153. The summed E-state index contributed by atoms with van der Waals surface area (Å²) < 4.78 is 10.7. The number of nitrogen functional groups attached to an aromatic ring is 1. The van der Waals surface area contributed by atoms with Crippen molar-refractivity contribution >= 4 is 33.3 Å². The lowest BCUT2D eigenvalue weighted by molar-refractivity contribution is 0.170. The van der Waals surface area contributed by atoms with E-state index >= 15 is 0 Å². The number of aromatic nitrogens is 1. The van der Waals surface area contributed by atoms with Crippen LogP contribution < -0.4 is 15.2 Å². The monoisotopic (exact) mass is 250 g/mol. The SMILES string of the molecule is Nc1nc2c(c(Br)c1Cl)OCO2. The van der Waals surface area contributed by atoms with Gasteiger partial charge in [0.1, 0.15) is 10.8 Å². The molecule has 2 rings (SSSR count). The van der Waals surface area contributed by atoms with Gasteiger partial charge < -0.3 is 15.2 Å². The van der Waals surface area contributed by atoms with Crippen molar-refractivity contribution in [1.82, 2.24) is 4.98 Å². The Morgan fingerprint density at radius 1 is 1.50 bits per heavy atom. The summed E-state index contributed by atoms with van der Waals surface area (Å²) in [6.45, 7) is 0.153. The number of hydrogen-bond acceptors (Lipinski definition) is 4. The van der Waals surface area contributed by atoms with Gasteiger partial charge in [-0.25, -0.2) is 0 Å². The van der Waals surface area contributed by atoms with E-state index in [4.69, 9.17) is 26.8 Å². The van der Waals surface area contributed by atoms with Crippen molar-refractivity contribution in [2.45, 2.75) is 0 Å². The van der Waals surface area contributed by atoms with Crippen LogP contribution in [0.15, 0.2) is 4.47 Å². The molecule has 1 aliphatic heterocycles. The summed E-state index contributed by atoms with van der Waals surface area (Å²) in [5.41, 5.74) is 5.49. The lowest BCUT2D eigenvalue weighted by atomic mass is 10.4. The van der Waals surface area contributed by atoms with Gasteiger partial charge in [-0.05, 0) is 15.9 Å². The first kappa shape index (κ1) is 7.94. The van der Waals surface area contributed by atoms with Gasteiger partial charge in [0.15, 0.2) is 0 Å². The molecule has 6 heteroatoms. The highest BCUT2D eigenvalue weighted by atomic mass is 79.9. The molecule has 0 atom stereocenters. The molecule has 0 saturated heterocycles. The smallest absolute Gasteiger partial charge is 0.263 e. The maximum absolute atomic E-state index is 5.79. The van der Waals surface area contributed by atoms with Crippen molar-refractivity contribution < 1.29 is 9.47 Å². The quantitative estimate of drug-likeness (QED) is 0.764. The van der Waals surface area contributed by atoms with Gasteiger partial charge in [0, 0.05) is 0 Å². The number of rotatable bonds is 0. The van der Waals surface area contributed by atoms with Crippen LogP contribution in [0.25, 0.3) is 0 Å². The summed E-state index contributed by atoms with van der Waals surface area (Å²) in [5, 5.41) is 0.347. The molecule has 0 bridgehead atoms. The van der Waals surface area contributed by atoms with Gasteiger partial charge in [-0.15, -0.1) is 0 Å². The second-order valence-corrected chi connectivity index (χ2v) is 3.34. The number of halogens is 2. The maximum atomic E-state index is 5.79. The highest BCUT2D eigenvalue weighted by molar-refractivity contribution is 9.10. The average molecular weight is 251 g/mol. The Morgan fingerprint density at radius 2 is 2.25 bits per heavy atom. The molecule has 0 radical (unpaired) electrons. The van der Waals surface area contributed by atoms with E-state index in [-0.39, 0.29) is 12.6 Å². The van der Waals surface area contributed by atoms with Gasteiger partial charge in [0.25, 0.3) is 5.88 Å². The molecular formula is C6H4BrClN2O2. The van der Waals surface area contributed by atoms with Crippen molar-refractivity contribution in [3.63, 3.8) is 0 Å². The number of pyridine rings is 1. The highest BCUT2D eigenvalue weighted by Gasteiger charge is 2.22. The van der Waals surface area contributed by atoms with Gasteiger partial charge in [0.05, 0.1) is 4.47 Å². The molecule has 0 fully saturated rings. The average Bonchev–Trinajstić information content (AvgIpc) is 2.48. The molecule has 0 aliphatic carbocycles. The molecule has 12 heavy (non-hydrogen) atoms. The Labute approximate surface area is 81.7 Å². The van der Waals surface area contributed by atoms with E-state index in [0.29, 0.717) is 21.1 Å². The Morgan fingerprint density at radius 3 is 3.00 bits per heavy atom. The fourth-order valence-corrected chi connectivity index (χ4v) is 1.50. The molecule has 0 spiro atoms. The third-order valence-corrected chi connectivity index (χ3v) is 2.80. The molecule has 64 valence electrons. The van der Waals surface area contributed by atoms with Crippen LogP contribution in [0, 0.1) is 0 Å². The normalized spacial score (nSPS) is 13.5. The first-order valence-electron chi connectivity index (χ1n) is 3.10. The number of fused-ring (bicyclic) bond motifs is 1. The minimum Gasteiger partial charge on any atom is -0.450 e. The Balaban J connectivity index is 2.67.